The number of hydrogen-bond donors (Lipinski definition) is 0. The van der Waals surface area contributed by atoms with Gasteiger partial charge in [0.05, 0.1) is 0 Å². The average Bonchev–Trinajstić information content (AvgIpc) is 3.10. The fraction of sp³-hybridized carbons (Fsp3) is 0.636. The van der Waals surface area contributed by atoms with Gasteiger partial charge in [-0.3, -0.25) is 12.2 Å². The molecule has 3 heteroatoms. The van der Waals surface area contributed by atoms with E-state index < -0.39 is 0 Å². The molecular weight excluding hydrogens is 426 g/mol. The standard InChI is InChI=1S/2C11H17.2ClH.Zr/c2*1-3-4-5-8-11-9-6-7-10(11)2;;;/h2*9H,3-6,8H2,1-2H3;2*1H;/q2*-1;;;+4/p-2. The van der Waals surface area contributed by atoms with Crippen molar-refractivity contribution in [2.45, 2.75) is 91.9 Å². The molecule has 0 aromatic heterocycles. The molecule has 0 aromatic carbocycles. The molecule has 0 spiro atoms. The molecule has 0 nitrogen and oxygen atoms in total. The third-order valence-electron chi connectivity index (χ3n) is 4.49. The maximum absolute atomic E-state index is 3.32. The number of unbranched alkanes of at least 4 members (excludes halogenated alkanes) is 4. The zero-order valence-corrected chi connectivity index (χ0v) is 20.5. The van der Waals surface area contributed by atoms with Gasteiger partial charge in [-0.15, -0.1) is 12.8 Å². The Kier molecular flexibility index (Phi) is 23.2. The molecule has 0 radical (unpaired) electrons. The molecule has 2 rings (SSSR count). The number of rotatable bonds is 8. The summed E-state index contributed by atoms with van der Waals surface area (Å²) in [6.45, 7) is 8.84. The first-order chi connectivity index (χ1) is 10.7. The van der Waals surface area contributed by atoms with E-state index in [2.05, 4.69) is 52.0 Å². The van der Waals surface area contributed by atoms with Gasteiger partial charge in [0.15, 0.2) is 0 Å². The van der Waals surface area contributed by atoms with Crippen molar-refractivity contribution < 1.29 is 51.0 Å². The smallest absolute Gasteiger partial charge is 1.00 e. The van der Waals surface area contributed by atoms with E-state index in [0.29, 0.717) is 0 Å². The quantitative estimate of drug-likeness (QED) is 0.378. The maximum atomic E-state index is 3.32. The fourth-order valence-electron chi connectivity index (χ4n) is 2.90. The summed E-state index contributed by atoms with van der Waals surface area (Å²) in [6, 6.07) is 0. The summed E-state index contributed by atoms with van der Waals surface area (Å²) >= 11 is 0. The van der Waals surface area contributed by atoms with Crippen LogP contribution in [0.15, 0.2) is 34.4 Å². The van der Waals surface area contributed by atoms with E-state index in [0.717, 1.165) is 12.8 Å². The molecule has 0 saturated heterocycles. The van der Waals surface area contributed by atoms with Crippen LogP contribution in [0, 0.1) is 12.2 Å². The zero-order valence-electron chi connectivity index (χ0n) is 16.5. The summed E-state index contributed by atoms with van der Waals surface area (Å²) in [4.78, 5) is 0. The van der Waals surface area contributed by atoms with E-state index in [1.54, 1.807) is 11.1 Å². The predicted octanol–water partition coefficient (Wildman–Crippen LogP) is 1.30. The molecule has 0 heterocycles. The van der Waals surface area contributed by atoms with E-state index in [1.807, 2.05) is 0 Å². The Hall–Kier alpha value is 0.423. The first-order valence-corrected chi connectivity index (χ1v) is 9.22. The van der Waals surface area contributed by atoms with E-state index in [9.17, 15) is 0 Å². The number of halogens is 2. The van der Waals surface area contributed by atoms with Crippen LogP contribution in [-0.4, -0.2) is 0 Å². The van der Waals surface area contributed by atoms with Gasteiger partial charge in [0, 0.05) is 0 Å². The number of hydrogen-bond acceptors (Lipinski definition) is 0. The van der Waals surface area contributed by atoms with Gasteiger partial charge in [0.2, 0.25) is 0 Å². The molecule has 0 atom stereocenters. The van der Waals surface area contributed by atoms with Crippen LogP contribution in [0.1, 0.15) is 91.9 Å². The van der Waals surface area contributed by atoms with Crippen molar-refractivity contribution >= 4 is 0 Å². The van der Waals surface area contributed by atoms with Crippen LogP contribution in [0.25, 0.3) is 0 Å². The Bertz CT molecular complexity index is 403. The van der Waals surface area contributed by atoms with Gasteiger partial charge in [0.25, 0.3) is 0 Å². The van der Waals surface area contributed by atoms with Crippen LogP contribution in [0.5, 0.6) is 0 Å². The van der Waals surface area contributed by atoms with Gasteiger partial charge in [-0.05, 0) is 0 Å². The van der Waals surface area contributed by atoms with Crippen LogP contribution in [0.2, 0.25) is 0 Å². The molecule has 0 aromatic rings. The average molecular weight is 461 g/mol. The summed E-state index contributed by atoms with van der Waals surface area (Å²) in [5.74, 6) is 0. The minimum absolute atomic E-state index is 0. The van der Waals surface area contributed by atoms with Crippen molar-refractivity contribution in [3.63, 3.8) is 0 Å². The number of allylic oxidation sites excluding steroid dienone is 8. The van der Waals surface area contributed by atoms with Crippen molar-refractivity contribution in [3.8, 4) is 0 Å². The molecular formula is C22H34Cl2Zr. The van der Waals surface area contributed by atoms with Gasteiger partial charge < -0.3 is 24.8 Å². The molecule has 25 heavy (non-hydrogen) atoms. The molecule has 0 aliphatic heterocycles. The van der Waals surface area contributed by atoms with Crippen molar-refractivity contribution in [1.82, 2.24) is 0 Å². The minimum atomic E-state index is 0. The molecule has 2 aliphatic rings. The van der Waals surface area contributed by atoms with Gasteiger partial charge in [-0.1, -0.05) is 79.1 Å². The Labute approximate surface area is 188 Å². The molecule has 140 valence electrons. The zero-order chi connectivity index (χ0) is 16.2. The van der Waals surface area contributed by atoms with E-state index >= 15 is 0 Å². The van der Waals surface area contributed by atoms with Crippen molar-refractivity contribution in [1.29, 1.82) is 0 Å². The summed E-state index contributed by atoms with van der Waals surface area (Å²) in [5.41, 5.74) is 5.86. The van der Waals surface area contributed by atoms with Gasteiger partial charge in [-0.2, -0.15) is 23.3 Å². The predicted molar refractivity (Wildman–Crippen MR) is 98.5 cm³/mol. The second kappa shape index (κ2) is 19.2. The van der Waals surface area contributed by atoms with E-state index in [4.69, 9.17) is 0 Å². The Morgan fingerprint density at radius 1 is 0.720 bits per heavy atom. The summed E-state index contributed by atoms with van der Waals surface area (Å²) < 4.78 is 0. The van der Waals surface area contributed by atoms with Gasteiger partial charge in [0.1, 0.15) is 0 Å². The topological polar surface area (TPSA) is 0 Å². The maximum Gasteiger partial charge on any atom is 4.00 e. The summed E-state index contributed by atoms with van der Waals surface area (Å²) in [7, 11) is 0. The van der Waals surface area contributed by atoms with Crippen LogP contribution in [-0.2, 0) is 26.2 Å². The fourth-order valence-corrected chi connectivity index (χ4v) is 2.90. The van der Waals surface area contributed by atoms with Gasteiger partial charge >= 0.3 is 26.2 Å². The van der Waals surface area contributed by atoms with Crippen LogP contribution < -0.4 is 24.8 Å². The largest absolute Gasteiger partial charge is 4.00 e. The molecule has 0 bridgehead atoms. The van der Waals surface area contributed by atoms with E-state index in [-0.39, 0.29) is 51.0 Å². The van der Waals surface area contributed by atoms with Crippen molar-refractivity contribution in [2.24, 2.45) is 0 Å². The molecule has 0 unspecified atom stereocenters. The Morgan fingerprint density at radius 2 is 1.08 bits per heavy atom. The first kappa shape index (κ1) is 30.2. The monoisotopic (exact) mass is 458 g/mol. The molecule has 2 aliphatic carbocycles. The Balaban J connectivity index is -0.000000346. The van der Waals surface area contributed by atoms with Crippen LogP contribution in [0.3, 0.4) is 0 Å². The van der Waals surface area contributed by atoms with E-state index in [1.165, 1.54) is 62.5 Å². The third kappa shape index (κ3) is 13.3. The molecule has 0 N–H and O–H groups in total. The molecule has 0 fully saturated rings. The summed E-state index contributed by atoms with van der Waals surface area (Å²) in [6.07, 6.45) is 24.0. The minimum Gasteiger partial charge on any atom is -1.00 e. The van der Waals surface area contributed by atoms with Crippen LogP contribution >= 0.6 is 0 Å². The SMILES string of the molecule is CCCCCC1=CC[C-]=C1C.CCCCCC1=CC[C-]=C1C.[Cl-].[Cl-].[Zr+4]. The van der Waals surface area contributed by atoms with Crippen molar-refractivity contribution in [3.05, 3.63) is 46.6 Å². The van der Waals surface area contributed by atoms with Crippen molar-refractivity contribution in [2.75, 3.05) is 0 Å². The third-order valence-corrected chi connectivity index (χ3v) is 4.49. The van der Waals surface area contributed by atoms with Gasteiger partial charge in [-0.25, -0.2) is 11.1 Å². The first-order valence-electron chi connectivity index (χ1n) is 9.22. The van der Waals surface area contributed by atoms with Crippen LogP contribution in [0.4, 0.5) is 0 Å². The second-order valence-electron chi connectivity index (χ2n) is 6.38. The summed E-state index contributed by atoms with van der Waals surface area (Å²) in [5, 5.41) is 0. The Morgan fingerprint density at radius 3 is 1.32 bits per heavy atom. The normalized spacial score (nSPS) is 14.6. The second-order valence-corrected chi connectivity index (χ2v) is 6.38. The molecule has 0 saturated carbocycles. The molecule has 0 amide bonds.